The predicted octanol–water partition coefficient (Wildman–Crippen LogP) is 1.18. The molecule has 2 rings (SSSR count). The van der Waals surface area contributed by atoms with E-state index < -0.39 is 0 Å². The molecule has 0 aliphatic carbocycles. The summed E-state index contributed by atoms with van der Waals surface area (Å²) in [6, 6.07) is 0.00285. The Bertz CT molecular complexity index is 238. The average molecular weight is 257 g/mol. The minimum atomic E-state index is 0.00285. The maximum Gasteiger partial charge on any atom is 0.314 e. The van der Waals surface area contributed by atoms with Crippen LogP contribution in [0, 0.1) is 5.92 Å². The molecule has 0 bridgehead atoms. The number of rotatable bonds is 4. The lowest BCUT2D eigenvalue weighted by Gasteiger charge is -2.21. The van der Waals surface area contributed by atoms with Crippen molar-refractivity contribution in [1.82, 2.24) is 16.0 Å². The smallest absolute Gasteiger partial charge is 0.314 e. The van der Waals surface area contributed by atoms with Crippen LogP contribution in [0.15, 0.2) is 0 Å². The van der Waals surface area contributed by atoms with E-state index in [2.05, 4.69) is 16.0 Å². The van der Waals surface area contributed by atoms with E-state index in [0.717, 1.165) is 26.2 Å². The largest absolute Gasteiger partial charge is 0.338 e. The molecule has 0 saturated carbocycles. The number of urea groups is 1. The molecule has 0 aromatic carbocycles. The van der Waals surface area contributed by atoms with Crippen LogP contribution in [-0.4, -0.2) is 43.2 Å². The zero-order valence-electron chi connectivity index (χ0n) is 10.3. The third kappa shape index (κ3) is 4.76. The summed E-state index contributed by atoms with van der Waals surface area (Å²) in [5, 5.41) is 9.88. The van der Waals surface area contributed by atoms with Gasteiger partial charge in [0, 0.05) is 18.3 Å². The van der Waals surface area contributed by atoms with Gasteiger partial charge in [0.15, 0.2) is 0 Å². The Labute approximate surface area is 108 Å². The molecule has 0 aromatic heterocycles. The molecule has 2 heterocycles. The third-order valence-corrected chi connectivity index (χ3v) is 4.88. The molecule has 17 heavy (non-hydrogen) atoms. The van der Waals surface area contributed by atoms with Gasteiger partial charge in [-0.15, -0.1) is 0 Å². The van der Waals surface area contributed by atoms with Crippen molar-refractivity contribution in [3.8, 4) is 0 Å². The molecule has 2 unspecified atom stereocenters. The van der Waals surface area contributed by atoms with Gasteiger partial charge in [-0.3, -0.25) is 0 Å². The Balaban J connectivity index is 1.53. The lowest BCUT2D eigenvalue weighted by molar-refractivity contribution is 0.239. The predicted molar refractivity (Wildman–Crippen MR) is 72.5 cm³/mol. The summed E-state index contributed by atoms with van der Waals surface area (Å²) < 4.78 is 0. The van der Waals surface area contributed by atoms with Crippen molar-refractivity contribution in [2.24, 2.45) is 5.92 Å². The van der Waals surface area contributed by atoms with Crippen molar-refractivity contribution >= 4 is 17.8 Å². The van der Waals surface area contributed by atoms with Crippen LogP contribution in [0.25, 0.3) is 0 Å². The zero-order valence-corrected chi connectivity index (χ0v) is 11.2. The van der Waals surface area contributed by atoms with Crippen molar-refractivity contribution in [3.63, 3.8) is 0 Å². The quantitative estimate of drug-likeness (QED) is 0.709. The SMILES string of the molecule is O=C(NCC1CCNC1)NCC1CCCCS1. The summed E-state index contributed by atoms with van der Waals surface area (Å²) in [6.07, 6.45) is 5.08. The number of carbonyl (C=O) groups excluding carboxylic acids is 1. The van der Waals surface area contributed by atoms with Crippen LogP contribution < -0.4 is 16.0 Å². The highest BCUT2D eigenvalue weighted by Crippen LogP contribution is 2.24. The van der Waals surface area contributed by atoms with Crippen LogP contribution in [0.3, 0.4) is 0 Å². The second kappa shape index (κ2) is 7.11. The van der Waals surface area contributed by atoms with Crippen molar-refractivity contribution in [3.05, 3.63) is 0 Å². The summed E-state index contributed by atoms with van der Waals surface area (Å²) in [7, 11) is 0. The first-order valence-electron chi connectivity index (χ1n) is 6.68. The molecule has 0 radical (unpaired) electrons. The zero-order chi connectivity index (χ0) is 11.9. The molecule has 2 aliphatic rings. The highest BCUT2D eigenvalue weighted by atomic mass is 32.2. The van der Waals surface area contributed by atoms with E-state index in [9.17, 15) is 4.79 Å². The number of nitrogens with one attached hydrogen (secondary N) is 3. The molecule has 5 heteroatoms. The molecular formula is C12H23N3OS. The minimum absolute atomic E-state index is 0.00285. The summed E-state index contributed by atoms with van der Waals surface area (Å²) in [4.78, 5) is 11.6. The van der Waals surface area contributed by atoms with E-state index in [0.29, 0.717) is 11.2 Å². The van der Waals surface area contributed by atoms with Gasteiger partial charge in [0.2, 0.25) is 0 Å². The van der Waals surface area contributed by atoms with Crippen LogP contribution in [0.5, 0.6) is 0 Å². The van der Waals surface area contributed by atoms with Gasteiger partial charge < -0.3 is 16.0 Å². The summed E-state index contributed by atoms with van der Waals surface area (Å²) in [5.41, 5.74) is 0. The first-order chi connectivity index (χ1) is 8.34. The van der Waals surface area contributed by atoms with E-state index in [1.165, 1.54) is 31.4 Å². The first kappa shape index (κ1) is 13.0. The first-order valence-corrected chi connectivity index (χ1v) is 7.73. The Kier molecular flexibility index (Phi) is 5.45. The molecule has 2 atom stereocenters. The van der Waals surface area contributed by atoms with Crippen molar-refractivity contribution in [2.45, 2.75) is 30.9 Å². The number of amides is 2. The van der Waals surface area contributed by atoms with Gasteiger partial charge in [0.25, 0.3) is 0 Å². The Morgan fingerprint density at radius 3 is 2.82 bits per heavy atom. The number of hydrogen-bond donors (Lipinski definition) is 3. The Morgan fingerprint density at radius 1 is 1.24 bits per heavy atom. The minimum Gasteiger partial charge on any atom is -0.338 e. The molecular weight excluding hydrogens is 234 g/mol. The molecule has 2 amide bonds. The fourth-order valence-corrected chi connectivity index (χ4v) is 3.60. The lowest BCUT2D eigenvalue weighted by atomic mass is 10.1. The number of carbonyl (C=O) groups is 1. The number of hydrogen-bond acceptors (Lipinski definition) is 3. The maximum absolute atomic E-state index is 11.6. The highest BCUT2D eigenvalue weighted by Gasteiger charge is 2.17. The van der Waals surface area contributed by atoms with Gasteiger partial charge in [0.05, 0.1) is 0 Å². The van der Waals surface area contributed by atoms with Crippen LogP contribution in [0.1, 0.15) is 25.7 Å². The molecule has 98 valence electrons. The summed E-state index contributed by atoms with van der Waals surface area (Å²) >= 11 is 2.00. The fourth-order valence-electron chi connectivity index (χ4n) is 2.36. The highest BCUT2D eigenvalue weighted by molar-refractivity contribution is 7.99. The molecule has 3 N–H and O–H groups in total. The van der Waals surface area contributed by atoms with E-state index in [4.69, 9.17) is 0 Å². The fraction of sp³-hybridized carbons (Fsp3) is 0.917. The van der Waals surface area contributed by atoms with Crippen molar-refractivity contribution in [1.29, 1.82) is 0 Å². The second-order valence-corrected chi connectivity index (χ2v) is 6.35. The van der Waals surface area contributed by atoms with Crippen LogP contribution in [0.4, 0.5) is 4.79 Å². The molecule has 2 saturated heterocycles. The topological polar surface area (TPSA) is 53.2 Å². The van der Waals surface area contributed by atoms with E-state index in [1.54, 1.807) is 0 Å². The van der Waals surface area contributed by atoms with Crippen molar-refractivity contribution in [2.75, 3.05) is 31.9 Å². The standard InChI is InChI=1S/C12H23N3OS/c16-12(14-8-10-4-5-13-7-10)15-9-11-3-1-2-6-17-11/h10-11,13H,1-9H2,(H2,14,15,16). The van der Waals surface area contributed by atoms with E-state index in [1.807, 2.05) is 11.8 Å². The Hall–Kier alpha value is -0.420. The maximum atomic E-state index is 11.6. The molecule has 0 aromatic rings. The van der Waals surface area contributed by atoms with Gasteiger partial charge >= 0.3 is 6.03 Å². The summed E-state index contributed by atoms with van der Waals surface area (Å²) in [6.45, 7) is 3.75. The van der Waals surface area contributed by atoms with E-state index >= 15 is 0 Å². The molecule has 2 aliphatic heterocycles. The molecule has 4 nitrogen and oxygen atoms in total. The normalized spacial score (nSPS) is 28.9. The van der Waals surface area contributed by atoms with Crippen molar-refractivity contribution < 1.29 is 4.79 Å². The lowest BCUT2D eigenvalue weighted by Crippen LogP contribution is -2.41. The number of thioether (sulfide) groups is 1. The van der Waals surface area contributed by atoms with Gasteiger partial charge in [-0.25, -0.2) is 4.79 Å². The van der Waals surface area contributed by atoms with Gasteiger partial charge in [-0.2, -0.15) is 11.8 Å². The van der Waals surface area contributed by atoms with Gasteiger partial charge in [0.1, 0.15) is 0 Å². The third-order valence-electron chi connectivity index (χ3n) is 3.48. The molecule has 0 spiro atoms. The summed E-state index contributed by atoms with van der Waals surface area (Å²) in [5.74, 6) is 1.87. The average Bonchev–Trinajstić information content (AvgIpc) is 2.88. The Morgan fingerprint density at radius 2 is 2.12 bits per heavy atom. The van der Waals surface area contributed by atoms with E-state index in [-0.39, 0.29) is 6.03 Å². The van der Waals surface area contributed by atoms with Crippen LogP contribution in [-0.2, 0) is 0 Å². The van der Waals surface area contributed by atoms with Crippen LogP contribution >= 0.6 is 11.8 Å². The molecule has 2 fully saturated rings. The van der Waals surface area contributed by atoms with Gasteiger partial charge in [-0.1, -0.05) is 6.42 Å². The monoisotopic (exact) mass is 257 g/mol. The second-order valence-electron chi connectivity index (χ2n) is 4.94. The van der Waals surface area contributed by atoms with Crippen LogP contribution in [0.2, 0.25) is 0 Å². The van der Waals surface area contributed by atoms with Gasteiger partial charge in [-0.05, 0) is 44.0 Å².